The van der Waals surface area contributed by atoms with Gasteiger partial charge in [0.2, 0.25) is 10.0 Å². The lowest BCUT2D eigenvalue weighted by Gasteiger charge is -2.08. The molecule has 5 nitrogen and oxygen atoms in total. The van der Waals surface area contributed by atoms with Gasteiger partial charge in [-0.25, -0.2) is 13.1 Å². The molecule has 0 aliphatic rings. The lowest BCUT2D eigenvalue weighted by molar-refractivity contribution is 0.580. The van der Waals surface area contributed by atoms with Crippen molar-refractivity contribution in [3.63, 3.8) is 0 Å². The van der Waals surface area contributed by atoms with Crippen LogP contribution in [0.1, 0.15) is 11.3 Å². The van der Waals surface area contributed by atoms with E-state index in [0.29, 0.717) is 17.9 Å². The molecule has 2 aromatic rings. The second-order valence-corrected chi connectivity index (χ2v) is 5.73. The molecule has 18 heavy (non-hydrogen) atoms. The largest absolute Gasteiger partial charge is 0.283 e. The summed E-state index contributed by atoms with van der Waals surface area (Å²) in [5.41, 5.74) is 1.65. The molecule has 0 spiro atoms. The first-order chi connectivity index (χ1) is 8.59. The normalized spacial score (nSPS) is 11.6. The molecule has 0 unspecified atom stereocenters. The van der Waals surface area contributed by atoms with Crippen molar-refractivity contribution >= 4 is 10.0 Å². The number of aryl methyl sites for hydroxylation is 1. The predicted octanol–water partition coefficient (Wildman–Crippen LogP) is 1.24. The summed E-state index contributed by atoms with van der Waals surface area (Å²) in [7, 11) is -3.43. The van der Waals surface area contributed by atoms with Crippen LogP contribution < -0.4 is 4.72 Å². The summed E-state index contributed by atoms with van der Waals surface area (Å²) in [5, 5.41) is 6.60. The molecule has 0 fully saturated rings. The minimum atomic E-state index is -3.43. The average molecular weight is 265 g/mol. The van der Waals surface area contributed by atoms with Crippen LogP contribution in [0.2, 0.25) is 0 Å². The van der Waals surface area contributed by atoms with Gasteiger partial charge in [0, 0.05) is 24.9 Å². The molecule has 1 heterocycles. The second-order valence-electron chi connectivity index (χ2n) is 4.00. The Labute approximate surface area is 106 Å². The number of rotatable bonds is 5. The number of benzene rings is 1. The Bertz CT molecular complexity index is 606. The van der Waals surface area contributed by atoms with E-state index < -0.39 is 10.0 Å². The van der Waals surface area contributed by atoms with Crippen molar-refractivity contribution in [1.29, 1.82) is 0 Å². The first-order valence-corrected chi connectivity index (χ1v) is 7.11. The SMILES string of the molecule is Cc1ccccc1S(=O)(=O)NCCc1ccn[nH]1. The van der Waals surface area contributed by atoms with E-state index in [9.17, 15) is 8.42 Å². The summed E-state index contributed by atoms with van der Waals surface area (Å²) in [6.45, 7) is 2.13. The molecular weight excluding hydrogens is 250 g/mol. The van der Waals surface area contributed by atoms with Crippen LogP contribution >= 0.6 is 0 Å². The Kier molecular flexibility index (Phi) is 3.78. The zero-order valence-corrected chi connectivity index (χ0v) is 10.9. The summed E-state index contributed by atoms with van der Waals surface area (Å²) in [6.07, 6.45) is 2.23. The monoisotopic (exact) mass is 265 g/mol. The average Bonchev–Trinajstić information content (AvgIpc) is 2.82. The number of sulfonamides is 1. The van der Waals surface area contributed by atoms with E-state index in [0.717, 1.165) is 11.3 Å². The summed E-state index contributed by atoms with van der Waals surface area (Å²) in [5.74, 6) is 0. The lowest BCUT2D eigenvalue weighted by Crippen LogP contribution is -2.26. The van der Waals surface area contributed by atoms with Crippen molar-refractivity contribution in [1.82, 2.24) is 14.9 Å². The molecule has 2 rings (SSSR count). The van der Waals surface area contributed by atoms with E-state index in [2.05, 4.69) is 14.9 Å². The summed E-state index contributed by atoms with van der Waals surface area (Å²) in [4.78, 5) is 0.328. The van der Waals surface area contributed by atoms with E-state index in [4.69, 9.17) is 0 Å². The molecule has 0 aliphatic heterocycles. The van der Waals surface area contributed by atoms with Crippen molar-refractivity contribution < 1.29 is 8.42 Å². The molecule has 6 heteroatoms. The predicted molar refractivity (Wildman–Crippen MR) is 68.7 cm³/mol. The molecule has 1 aromatic heterocycles. The van der Waals surface area contributed by atoms with Gasteiger partial charge in [-0.1, -0.05) is 18.2 Å². The first kappa shape index (κ1) is 12.8. The minimum absolute atomic E-state index is 0.328. The maximum Gasteiger partial charge on any atom is 0.240 e. The Morgan fingerprint density at radius 1 is 1.28 bits per heavy atom. The molecule has 1 aromatic carbocycles. The number of aromatic amines is 1. The Hall–Kier alpha value is -1.66. The highest BCUT2D eigenvalue weighted by Gasteiger charge is 2.15. The van der Waals surface area contributed by atoms with Crippen LogP contribution in [0.25, 0.3) is 0 Å². The highest BCUT2D eigenvalue weighted by atomic mass is 32.2. The van der Waals surface area contributed by atoms with Crippen molar-refractivity contribution in [3.8, 4) is 0 Å². The third kappa shape index (κ3) is 2.96. The van der Waals surface area contributed by atoms with Gasteiger partial charge in [0.25, 0.3) is 0 Å². The maximum atomic E-state index is 12.0. The van der Waals surface area contributed by atoms with Crippen LogP contribution in [0.3, 0.4) is 0 Å². The zero-order valence-electron chi connectivity index (χ0n) is 10.1. The van der Waals surface area contributed by atoms with Gasteiger partial charge in [0.1, 0.15) is 0 Å². The fourth-order valence-corrected chi connectivity index (χ4v) is 2.96. The Balaban J connectivity index is 2.02. The van der Waals surface area contributed by atoms with E-state index in [-0.39, 0.29) is 0 Å². The van der Waals surface area contributed by atoms with Gasteiger partial charge in [-0.2, -0.15) is 5.10 Å². The fourth-order valence-electron chi connectivity index (χ4n) is 1.68. The van der Waals surface area contributed by atoms with E-state index in [1.807, 2.05) is 12.1 Å². The molecule has 0 radical (unpaired) electrons. The zero-order chi connectivity index (χ0) is 13.0. The number of aromatic nitrogens is 2. The quantitative estimate of drug-likeness (QED) is 0.854. The molecule has 0 amide bonds. The van der Waals surface area contributed by atoms with Gasteiger partial charge in [-0.15, -0.1) is 0 Å². The van der Waals surface area contributed by atoms with Crippen LogP contribution in [0.15, 0.2) is 41.4 Å². The van der Waals surface area contributed by atoms with Crippen molar-refractivity contribution in [2.24, 2.45) is 0 Å². The van der Waals surface area contributed by atoms with E-state index >= 15 is 0 Å². The Morgan fingerprint density at radius 2 is 2.06 bits per heavy atom. The highest BCUT2D eigenvalue weighted by molar-refractivity contribution is 7.89. The smallest absolute Gasteiger partial charge is 0.240 e. The van der Waals surface area contributed by atoms with Crippen LogP contribution in [-0.2, 0) is 16.4 Å². The van der Waals surface area contributed by atoms with Gasteiger partial charge in [-0.3, -0.25) is 5.10 Å². The molecule has 0 saturated carbocycles. The lowest BCUT2D eigenvalue weighted by atomic mass is 10.2. The van der Waals surface area contributed by atoms with Crippen molar-refractivity contribution in [3.05, 3.63) is 47.8 Å². The van der Waals surface area contributed by atoms with Gasteiger partial charge < -0.3 is 0 Å². The maximum absolute atomic E-state index is 12.0. The summed E-state index contributed by atoms with van der Waals surface area (Å²) >= 11 is 0. The molecule has 0 bridgehead atoms. The van der Waals surface area contributed by atoms with Crippen LogP contribution in [0.5, 0.6) is 0 Å². The van der Waals surface area contributed by atoms with Crippen molar-refractivity contribution in [2.75, 3.05) is 6.54 Å². The number of nitrogens with one attached hydrogen (secondary N) is 2. The van der Waals surface area contributed by atoms with Gasteiger partial charge in [0.05, 0.1) is 4.90 Å². The van der Waals surface area contributed by atoms with Crippen molar-refractivity contribution in [2.45, 2.75) is 18.2 Å². The van der Waals surface area contributed by atoms with Crippen LogP contribution in [0, 0.1) is 6.92 Å². The Morgan fingerprint density at radius 3 is 2.72 bits per heavy atom. The number of hydrogen-bond acceptors (Lipinski definition) is 3. The third-order valence-corrected chi connectivity index (χ3v) is 4.25. The first-order valence-electron chi connectivity index (χ1n) is 5.63. The highest BCUT2D eigenvalue weighted by Crippen LogP contribution is 2.13. The summed E-state index contributed by atoms with van der Waals surface area (Å²) < 4.78 is 26.7. The fraction of sp³-hybridized carbons (Fsp3) is 0.250. The summed E-state index contributed by atoms with van der Waals surface area (Å²) in [6, 6.07) is 8.74. The third-order valence-electron chi connectivity index (χ3n) is 2.63. The minimum Gasteiger partial charge on any atom is -0.283 e. The number of hydrogen-bond donors (Lipinski definition) is 2. The van der Waals surface area contributed by atoms with Gasteiger partial charge >= 0.3 is 0 Å². The molecule has 0 aliphatic carbocycles. The molecular formula is C12H15N3O2S. The van der Waals surface area contributed by atoms with Gasteiger partial charge in [0.15, 0.2) is 0 Å². The van der Waals surface area contributed by atoms with Crippen LogP contribution in [-0.4, -0.2) is 25.2 Å². The second kappa shape index (κ2) is 5.32. The van der Waals surface area contributed by atoms with E-state index in [1.54, 1.807) is 31.3 Å². The number of H-pyrrole nitrogens is 1. The molecule has 0 atom stereocenters. The van der Waals surface area contributed by atoms with E-state index in [1.165, 1.54) is 0 Å². The van der Waals surface area contributed by atoms with Crippen LogP contribution in [0.4, 0.5) is 0 Å². The topological polar surface area (TPSA) is 74.8 Å². The van der Waals surface area contributed by atoms with Gasteiger partial charge in [-0.05, 0) is 24.6 Å². The standard InChI is InChI=1S/C12H15N3O2S/c1-10-4-2-3-5-12(10)18(16,17)14-9-7-11-6-8-13-15-11/h2-6,8,14H,7,9H2,1H3,(H,13,15). The number of nitrogens with zero attached hydrogens (tertiary/aromatic N) is 1. The molecule has 0 saturated heterocycles. The molecule has 96 valence electrons. The molecule has 2 N–H and O–H groups in total.